The molecule has 0 fully saturated rings. The Balaban J connectivity index is 2.60. The maximum absolute atomic E-state index is 13.5. The van der Waals surface area contributed by atoms with Crippen molar-refractivity contribution in [3.63, 3.8) is 0 Å². The quantitative estimate of drug-likeness (QED) is 0.903. The molecule has 19 heavy (non-hydrogen) atoms. The molecule has 0 bridgehead atoms. The molecule has 2 aromatic rings. The van der Waals surface area contributed by atoms with Crippen LogP contribution in [0.15, 0.2) is 42.5 Å². The molecule has 0 aliphatic heterocycles. The van der Waals surface area contributed by atoms with E-state index in [1.165, 1.54) is 12.1 Å². The van der Waals surface area contributed by atoms with Crippen LogP contribution in [-0.4, -0.2) is 6.61 Å². The van der Waals surface area contributed by atoms with Crippen molar-refractivity contribution in [2.45, 2.75) is 19.9 Å². The number of benzene rings is 2. The highest BCUT2D eigenvalue weighted by molar-refractivity contribution is 5.73. The van der Waals surface area contributed by atoms with Gasteiger partial charge < -0.3 is 10.5 Å². The number of ether oxygens (including phenoxy) is 1. The average Bonchev–Trinajstić information content (AvgIpc) is 2.39. The van der Waals surface area contributed by atoms with E-state index in [1.807, 2.05) is 38.1 Å². The summed E-state index contributed by atoms with van der Waals surface area (Å²) in [6, 6.07) is 12.1. The molecule has 2 N–H and O–H groups in total. The molecule has 1 atom stereocenters. The zero-order valence-electron chi connectivity index (χ0n) is 11.2. The van der Waals surface area contributed by atoms with Crippen LogP contribution in [0.5, 0.6) is 5.75 Å². The Labute approximate surface area is 113 Å². The first kappa shape index (κ1) is 13.6. The molecule has 0 amide bonds. The minimum absolute atomic E-state index is 0.162. The van der Waals surface area contributed by atoms with Crippen LogP contribution >= 0.6 is 0 Å². The van der Waals surface area contributed by atoms with Crippen LogP contribution < -0.4 is 10.5 Å². The van der Waals surface area contributed by atoms with E-state index in [1.54, 1.807) is 6.07 Å². The number of hydrogen-bond acceptors (Lipinski definition) is 2. The van der Waals surface area contributed by atoms with Gasteiger partial charge in [0.25, 0.3) is 0 Å². The van der Waals surface area contributed by atoms with Crippen LogP contribution in [0.1, 0.15) is 25.5 Å². The highest BCUT2D eigenvalue weighted by Gasteiger charge is 2.13. The second-order valence-electron chi connectivity index (χ2n) is 4.45. The van der Waals surface area contributed by atoms with Crippen molar-refractivity contribution < 1.29 is 9.13 Å². The lowest BCUT2D eigenvalue weighted by molar-refractivity contribution is 0.341. The zero-order chi connectivity index (χ0) is 13.8. The summed E-state index contributed by atoms with van der Waals surface area (Å²) in [7, 11) is 0. The lowest BCUT2D eigenvalue weighted by Gasteiger charge is -2.16. The van der Waals surface area contributed by atoms with E-state index < -0.39 is 0 Å². The normalized spacial score (nSPS) is 12.2. The Kier molecular flexibility index (Phi) is 4.17. The Bertz CT molecular complexity index is 566. The van der Waals surface area contributed by atoms with Gasteiger partial charge in [-0.3, -0.25) is 0 Å². The Hall–Kier alpha value is -1.87. The van der Waals surface area contributed by atoms with Crippen LogP contribution in [0.2, 0.25) is 0 Å². The molecule has 100 valence electrons. The number of halogens is 1. The van der Waals surface area contributed by atoms with E-state index in [0.717, 1.165) is 22.4 Å². The van der Waals surface area contributed by atoms with E-state index in [0.29, 0.717) is 6.61 Å². The van der Waals surface area contributed by atoms with Gasteiger partial charge in [-0.1, -0.05) is 24.3 Å². The fourth-order valence-corrected chi connectivity index (χ4v) is 2.13. The summed E-state index contributed by atoms with van der Waals surface area (Å²) in [5.41, 5.74) is 8.54. The number of hydrogen-bond donors (Lipinski definition) is 1. The summed E-state index contributed by atoms with van der Waals surface area (Å²) in [5, 5.41) is 0. The van der Waals surface area contributed by atoms with E-state index in [4.69, 9.17) is 10.5 Å². The molecule has 3 heteroatoms. The van der Waals surface area contributed by atoms with E-state index in [9.17, 15) is 4.39 Å². The molecule has 2 aromatic carbocycles. The van der Waals surface area contributed by atoms with Crippen LogP contribution in [0.3, 0.4) is 0 Å². The predicted molar refractivity (Wildman–Crippen MR) is 75.6 cm³/mol. The summed E-state index contributed by atoms with van der Waals surface area (Å²) in [5.74, 6) is 0.475. The van der Waals surface area contributed by atoms with Crippen LogP contribution in [0, 0.1) is 5.82 Å². The largest absolute Gasteiger partial charge is 0.493 e. The van der Waals surface area contributed by atoms with Crippen LogP contribution in [-0.2, 0) is 0 Å². The van der Waals surface area contributed by atoms with Gasteiger partial charge in [0.1, 0.15) is 11.6 Å². The third-order valence-corrected chi connectivity index (χ3v) is 2.98. The molecule has 0 aliphatic carbocycles. The van der Waals surface area contributed by atoms with Crippen molar-refractivity contribution in [1.29, 1.82) is 0 Å². The van der Waals surface area contributed by atoms with Crippen LogP contribution in [0.4, 0.5) is 4.39 Å². The first-order chi connectivity index (χ1) is 9.13. The fourth-order valence-electron chi connectivity index (χ4n) is 2.13. The van der Waals surface area contributed by atoms with E-state index in [2.05, 4.69) is 0 Å². The number of nitrogens with two attached hydrogens (primary N) is 1. The molecular weight excluding hydrogens is 241 g/mol. The van der Waals surface area contributed by atoms with Crippen molar-refractivity contribution in [3.05, 3.63) is 53.8 Å². The van der Waals surface area contributed by atoms with Crippen molar-refractivity contribution in [2.24, 2.45) is 5.73 Å². The Morgan fingerprint density at radius 3 is 2.58 bits per heavy atom. The van der Waals surface area contributed by atoms with Crippen molar-refractivity contribution in [3.8, 4) is 16.9 Å². The predicted octanol–water partition coefficient (Wildman–Crippen LogP) is 3.91. The molecule has 0 saturated carbocycles. The molecule has 0 heterocycles. The Morgan fingerprint density at radius 1 is 1.16 bits per heavy atom. The standard InChI is InChI=1S/C16H18FNO/c1-3-19-16-7-5-4-6-14(16)15-10-12(17)8-9-13(15)11(2)18/h4-11H,3,18H2,1-2H3. The molecule has 0 aromatic heterocycles. The van der Waals surface area contributed by atoms with Gasteiger partial charge >= 0.3 is 0 Å². The van der Waals surface area contributed by atoms with E-state index in [-0.39, 0.29) is 11.9 Å². The van der Waals surface area contributed by atoms with Crippen LogP contribution in [0.25, 0.3) is 11.1 Å². The molecule has 0 spiro atoms. The summed E-state index contributed by atoms with van der Waals surface area (Å²) in [4.78, 5) is 0. The lowest BCUT2D eigenvalue weighted by Crippen LogP contribution is -2.07. The smallest absolute Gasteiger partial charge is 0.127 e. The van der Waals surface area contributed by atoms with E-state index >= 15 is 0 Å². The summed E-state index contributed by atoms with van der Waals surface area (Å²) in [6.45, 7) is 4.38. The second-order valence-corrected chi connectivity index (χ2v) is 4.45. The fraction of sp³-hybridized carbons (Fsp3) is 0.250. The van der Waals surface area contributed by atoms with Gasteiger partial charge in [-0.05, 0) is 43.2 Å². The topological polar surface area (TPSA) is 35.2 Å². The van der Waals surface area contributed by atoms with Gasteiger partial charge in [0.05, 0.1) is 6.61 Å². The lowest BCUT2D eigenvalue weighted by atomic mass is 9.95. The summed E-state index contributed by atoms with van der Waals surface area (Å²) >= 11 is 0. The minimum atomic E-state index is -0.272. The second kappa shape index (κ2) is 5.85. The molecular formula is C16H18FNO. The maximum atomic E-state index is 13.5. The highest BCUT2D eigenvalue weighted by Crippen LogP contribution is 2.34. The molecule has 0 aliphatic rings. The average molecular weight is 259 g/mol. The van der Waals surface area contributed by atoms with Gasteiger partial charge in [-0.15, -0.1) is 0 Å². The number of para-hydroxylation sites is 1. The first-order valence-electron chi connectivity index (χ1n) is 6.40. The monoisotopic (exact) mass is 259 g/mol. The minimum Gasteiger partial charge on any atom is -0.493 e. The summed E-state index contributed by atoms with van der Waals surface area (Å²) < 4.78 is 19.1. The van der Waals surface area contributed by atoms with Gasteiger partial charge in [-0.2, -0.15) is 0 Å². The number of rotatable bonds is 4. The van der Waals surface area contributed by atoms with Gasteiger partial charge in [0.15, 0.2) is 0 Å². The molecule has 2 rings (SSSR count). The zero-order valence-corrected chi connectivity index (χ0v) is 11.2. The molecule has 2 nitrogen and oxygen atoms in total. The van der Waals surface area contributed by atoms with Crippen molar-refractivity contribution >= 4 is 0 Å². The molecule has 0 radical (unpaired) electrons. The summed E-state index contributed by atoms with van der Waals surface area (Å²) in [6.07, 6.45) is 0. The maximum Gasteiger partial charge on any atom is 0.127 e. The molecule has 0 saturated heterocycles. The highest BCUT2D eigenvalue weighted by atomic mass is 19.1. The third kappa shape index (κ3) is 2.93. The van der Waals surface area contributed by atoms with Gasteiger partial charge in [0.2, 0.25) is 0 Å². The molecule has 1 unspecified atom stereocenters. The Morgan fingerprint density at radius 2 is 1.89 bits per heavy atom. The first-order valence-corrected chi connectivity index (χ1v) is 6.40. The van der Waals surface area contributed by atoms with Gasteiger partial charge in [-0.25, -0.2) is 4.39 Å². The van der Waals surface area contributed by atoms with Crippen molar-refractivity contribution in [1.82, 2.24) is 0 Å². The van der Waals surface area contributed by atoms with Crippen molar-refractivity contribution in [2.75, 3.05) is 6.61 Å². The third-order valence-electron chi connectivity index (χ3n) is 2.98. The van der Waals surface area contributed by atoms with Gasteiger partial charge in [0, 0.05) is 11.6 Å². The SMILES string of the molecule is CCOc1ccccc1-c1cc(F)ccc1C(C)N.